The van der Waals surface area contributed by atoms with Crippen molar-refractivity contribution in [2.24, 2.45) is 5.73 Å². The summed E-state index contributed by atoms with van der Waals surface area (Å²) < 4.78 is 5.86. The first kappa shape index (κ1) is 19.6. The van der Waals surface area contributed by atoms with Crippen molar-refractivity contribution in [1.82, 2.24) is 10.2 Å². The Balaban J connectivity index is 1.50. The van der Waals surface area contributed by atoms with Crippen LogP contribution in [0, 0.1) is 0 Å². The minimum Gasteiger partial charge on any atom is -0.497 e. The largest absolute Gasteiger partial charge is 0.497 e. The van der Waals surface area contributed by atoms with E-state index in [1.165, 1.54) is 23.1 Å². The van der Waals surface area contributed by atoms with Gasteiger partial charge in [0.05, 0.1) is 12.9 Å². The molecular weight excluding hydrogens is 398 g/mol. The fourth-order valence-electron chi connectivity index (χ4n) is 2.19. The first-order chi connectivity index (χ1) is 13.5. The fraction of sp³-hybridized carbons (Fsp3) is 0.111. The van der Waals surface area contributed by atoms with Crippen molar-refractivity contribution in [2.45, 2.75) is 4.34 Å². The summed E-state index contributed by atoms with van der Waals surface area (Å²) >= 11 is 2.64. The van der Waals surface area contributed by atoms with Gasteiger partial charge in [0, 0.05) is 23.0 Å². The van der Waals surface area contributed by atoms with Crippen molar-refractivity contribution < 1.29 is 14.3 Å². The average molecular weight is 416 g/mol. The highest BCUT2D eigenvalue weighted by Crippen LogP contribution is 2.28. The number of carbonyl (C=O) groups excluding carboxylic acids is 2. The van der Waals surface area contributed by atoms with Gasteiger partial charge in [-0.05, 0) is 36.4 Å². The standard InChI is InChI=1S/C18H17N5O3S2/c1-26-14-4-2-3-13(9-14)21-17-22-23-18(28-17)27-10-15(24)20-12-7-5-11(6-8-12)16(19)25/h2-9H,10H2,1H3,(H2,19,25)(H,20,24)(H,21,22). The van der Waals surface area contributed by atoms with Gasteiger partial charge in [0.1, 0.15) is 5.75 Å². The van der Waals surface area contributed by atoms with E-state index in [1.807, 2.05) is 24.3 Å². The van der Waals surface area contributed by atoms with Crippen molar-refractivity contribution in [3.05, 3.63) is 54.1 Å². The van der Waals surface area contributed by atoms with Crippen LogP contribution in [0.3, 0.4) is 0 Å². The molecule has 0 aliphatic rings. The Morgan fingerprint density at radius 2 is 1.93 bits per heavy atom. The molecule has 0 fully saturated rings. The number of carbonyl (C=O) groups is 2. The molecule has 0 saturated carbocycles. The van der Waals surface area contributed by atoms with E-state index in [0.717, 1.165) is 11.4 Å². The van der Waals surface area contributed by atoms with Crippen molar-refractivity contribution in [1.29, 1.82) is 0 Å². The van der Waals surface area contributed by atoms with Crippen LogP contribution in [0.15, 0.2) is 52.9 Å². The van der Waals surface area contributed by atoms with Gasteiger partial charge in [-0.15, -0.1) is 10.2 Å². The third kappa shape index (κ3) is 5.44. The number of benzene rings is 2. The van der Waals surface area contributed by atoms with Crippen LogP contribution in [0.1, 0.15) is 10.4 Å². The molecule has 144 valence electrons. The van der Waals surface area contributed by atoms with Crippen LogP contribution in [0.5, 0.6) is 5.75 Å². The molecule has 8 nitrogen and oxygen atoms in total. The molecule has 0 atom stereocenters. The highest BCUT2D eigenvalue weighted by Gasteiger charge is 2.09. The molecule has 0 aliphatic carbocycles. The number of nitrogens with zero attached hydrogens (tertiary/aromatic N) is 2. The molecule has 28 heavy (non-hydrogen) atoms. The summed E-state index contributed by atoms with van der Waals surface area (Å²) in [5.41, 5.74) is 7.00. The zero-order chi connectivity index (χ0) is 19.9. The van der Waals surface area contributed by atoms with Crippen LogP contribution in [-0.4, -0.2) is 34.9 Å². The molecule has 0 spiro atoms. The lowest BCUT2D eigenvalue weighted by atomic mass is 10.2. The van der Waals surface area contributed by atoms with Gasteiger partial charge in [0.15, 0.2) is 4.34 Å². The molecule has 0 unspecified atom stereocenters. The maximum absolute atomic E-state index is 12.1. The van der Waals surface area contributed by atoms with E-state index in [4.69, 9.17) is 10.5 Å². The maximum Gasteiger partial charge on any atom is 0.248 e. The van der Waals surface area contributed by atoms with Crippen molar-refractivity contribution >= 4 is 51.4 Å². The Kier molecular flexibility index (Phi) is 6.45. The highest BCUT2D eigenvalue weighted by molar-refractivity contribution is 8.01. The van der Waals surface area contributed by atoms with Gasteiger partial charge >= 0.3 is 0 Å². The van der Waals surface area contributed by atoms with Crippen molar-refractivity contribution in [3.63, 3.8) is 0 Å². The lowest BCUT2D eigenvalue weighted by Gasteiger charge is -2.05. The number of aromatic nitrogens is 2. The molecule has 3 rings (SSSR count). The molecule has 0 aliphatic heterocycles. The van der Waals surface area contributed by atoms with Crippen LogP contribution in [0.2, 0.25) is 0 Å². The Labute approximate surface area is 169 Å². The number of rotatable bonds is 8. The van der Waals surface area contributed by atoms with E-state index in [1.54, 1.807) is 31.4 Å². The summed E-state index contributed by atoms with van der Waals surface area (Å²) in [7, 11) is 1.61. The van der Waals surface area contributed by atoms with E-state index >= 15 is 0 Å². The molecule has 3 aromatic rings. The first-order valence-electron chi connectivity index (χ1n) is 8.10. The number of primary amides is 1. The number of methoxy groups -OCH3 is 1. The second kappa shape index (κ2) is 9.20. The SMILES string of the molecule is COc1cccc(Nc2nnc(SCC(=O)Nc3ccc(C(N)=O)cc3)s2)c1. The number of amides is 2. The van der Waals surface area contributed by atoms with Gasteiger partial charge in [-0.25, -0.2) is 0 Å². The van der Waals surface area contributed by atoms with Gasteiger partial charge < -0.3 is 21.1 Å². The molecule has 0 bridgehead atoms. The summed E-state index contributed by atoms with van der Waals surface area (Å²) in [5, 5.41) is 14.7. The Morgan fingerprint density at radius 1 is 1.14 bits per heavy atom. The molecule has 0 radical (unpaired) electrons. The molecular formula is C18H17N5O3S2. The number of hydrogen-bond donors (Lipinski definition) is 3. The van der Waals surface area contributed by atoms with E-state index in [0.29, 0.717) is 20.7 Å². The molecule has 2 amide bonds. The summed E-state index contributed by atoms with van der Waals surface area (Å²) in [6.07, 6.45) is 0. The van der Waals surface area contributed by atoms with Gasteiger partial charge in [-0.3, -0.25) is 9.59 Å². The van der Waals surface area contributed by atoms with E-state index in [2.05, 4.69) is 20.8 Å². The lowest BCUT2D eigenvalue weighted by molar-refractivity contribution is -0.113. The molecule has 10 heteroatoms. The van der Waals surface area contributed by atoms with Gasteiger partial charge in [0.2, 0.25) is 16.9 Å². The van der Waals surface area contributed by atoms with Gasteiger partial charge in [-0.1, -0.05) is 29.2 Å². The quantitative estimate of drug-likeness (QED) is 0.484. The number of hydrogen-bond acceptors (Lipinski definition) is 8. The van der Waals surface area contributed by atoms with Crippen LogP contribution >= 0.6 is 23.1 Å². The molecule has 2 aromatic carbocycles. The Hall–Kier alpha value is -3.11. The molecule has 1 aromatic heterocycles. The molecule has 0 saturated heterocycles. The van der Waals surface area contributed by atoms with E-state index in [9.17, 15) is 9.59 Å². The Bertz CT molecular complexity index is 975. The first-order valence-corrected chi connectivity index (χ1v) is 9.91. The minimum absolute atomic E-state index is 0.186. The summed E-state index contributed by atoms with van der Waals surface area (Å²) in [4.78, 5) is 23.1. The Morgan fingerprint density at radius 3 is 2.64 bits per heavy atom. The summed E-state index contributed by atoms with van der Waals surface area (Å²) in [5.74, 6) is 0.229. The van der Waals surface area contributed by atoms with Gasteiger partial charge in [0.25, 0.3) is 0 Å². The van der Waals surface area contributed by atoms with Crippen LogP contribution in [0.4, 0.5) is 16.5 Å². The monoisotopic (exact) mass is 415 g/mol. The van der Waals surface area contributed by atoms with Crippen LogP contribution < -0.4 is 21.1 Å². The van der Waals surface area contributed by atoms with Crippen molar-refractivity contribution in [2.75, 3.05) is 23.5 Å². The fourth-order valence-corrected chi connectivity index (χ4v) is 3.76. The maximum atomic E-state index is 12.1. The number of nitrogens with two attached hydrogens (primary N) is 1. The second-order valence-corrected chi connectivity index (χ2v) is 7.71. The van der Waals surface area contributed by atoms with Crippen LogP contribution in [-0.2, 0) is 4.79 Å². The van der Waals surface area contributed by atoms with E-state index in [-0.39, 0.29) is 11.7 Å². The lowest BCUT2D eigenvalue weighted by Crippen LogP contribution is -2.14. The normalized spacial score (nSPS) is 10.3. The highest BCUT2D eigenvalue weighted by atomic mass is 32.2. The van der Waals surface area contributed by atoms with Gasteiger partial charge in [-0.2, -0.15) is 0 Å². The summed E-state index contributed by atoms with van der Waals surface area (Å²) in [6, 6.07) is 13.9. The van der Waals surface area contributed by atoms with Crippen molar-refractivity contribution in [3.8, 4) is 5.75 Å². The zero-order valence-electron chi connectivity index (χ0n) is 14.8. The summed E-state index contributed by atoms with van der Waals surface area (Å²) in [6.45, 7) is 0. The third-order valence-corrected chi connectivity index (χ3v) is 5.48. The number of thioether (sulfide) groups is 1. The molecule has 1 heterocycles. The number of ether oxygens (including phenoxy) is 1. The molecule has 4 N–H and O–H groups in total. The second-order valence-electron chi connectivity index (χ2n) is 5.51. The van der Waals surface area contributed by atoms with Crippen LogP contribution in [0.25, 0.3) is 0 Å². The predicted molar refractivity (Wildman–Crippen MR) is 110 cm³/mol. The average Bonchev–Trinajstić information content (AvgIpc) is 3.14. The zero-order valence-corrected chi connectivity index (χ0v) is 16.5. The van der Waals surface area contributed by atoms with E-state index < -0.39 is 5.91 Å². The topological polar surface area (TPSA) is 119 Å². The minimum atomic E-state index is -0.511. The number of nitrogens with one attached hydrogen (secondary N) is 2. The predicted octanol–water partition coefficient (Wildman–Crippen LogP) is 3.12. The smallest absolute Gasteiger partial charge is 0.248 e. The number of anilines is 3. The third-order valence-electron chi connectivity index (χ3n) is 3.51.